The van der Waals surface area contributed by atoms with Crippen LogP contribution in [0.2, 0.25) is 0 Å². The average molecular weight is 259 g/mol. The van der Waals surface area contributed by atoms with Crippen LogP contribution in [0.3, 0.4) is 0 Å². The van der Waals surface area contributed by atoms with Crippen LogP contribution in [0.15, 0.2) is 30.5 Å². The number of carbonyl (C=O) groups excluding carboxylic acids is 2. The molecule has 4 heteroatoms. The fourth-order valence-electron chi connectivity index (χ4n) is 1.71. The number of H-pyrrole nitrogens is 1. The second-order valence-corrected chi connectivity index (χ2v) is 5.07. The molecule has 2 rings (SSSR count). The predicted molar refractivity (Wildman–Crippen MR) is 75.9 cm³/mol. The Bertz CT molecular complexity index is 613. The molecule has 1 aromatic carbocycles. The molecule has 0 spiro atoms. The number of hydrogen-bond donors (Lipinski definition) is 1. The summed E-state index contributed by atoms with van der Waals surface area (Å²) in [6.07, 6.45) is 6.45. The van der Waals surface area contributed by atoms with E-state index >= 15 is 0 Å². The van der Waals surface area contributed by atoms with Gasteiger partial charge in [0, 0.05) is 35.3 Å². The summed E-state index contributed by atoms with van der Waals surface area (Å²) in [6, 6.07) is 5.88. The van der Waals surface area contributed by atoms with E-state index in [1.807, 2.05) is 30.4 Å². The molecule has 2 aromatic rings. The summed E-state index contributed by atoms with van der Waals surface area (Å²) < 4.78 is 0. The number of aromatic amines is 1. The Hall–Kier alpha value is -1.81. The number of aromatic nitrogens is 1. The van der Waals surface area contributed by atoms with Crippen LogP contribution in [0.25, 0.3) is 17.0 Å². The minimum absolute atomic E-state index is 0.115. The van der Waals surface area contributed by atoms with Crippen LogP contribution >= 0.6 is 11.8 Å². The number of rotatable bonds is 4. The lowest BCUT2D eigenvalue weighted by Crippen LogP contribution is -1.82. The summed E-state index contributed by atoms with van der Waals surface area (Å²) in [5.74, 6) is 0.668. The lowest BCUT2D eigenvalue weighted by molar-refractivity contribution is -0.109. The molecule has 0 aliphatic carbocycles. The number of aldehydes is 1. The van der Waals surface area contributed by atoms with E-state index in [1.54, 1.807) is 13.1 Å². The molecule has 0 aliphatic heterocycles. The zero-order valence-electron chi connectivity index (χ0n) is 9.97. The van der Waals surface area contributed by atoms with Crippen molar-refractivity contribution in [3.63, 3.8) is 0 Å². The molecule has 1 heterocycles. The summed E-state index contributed by atoms with van der Waals surface area (Å²) >= 11 is 1.28. The fourth-order valence-corrected chi connectivity index (χ4v) is 2.14. The van der Waals surface area contributed by atoms with E-state index in [0.29, 0.717) is 11.3 Å². The summed E-state index contributed by atoms with van der Waals surface area (Å²) in [5.41, 5.74) is 2.64. The van der Waals surface area contributed by atoms with Crippen LogP contribution in [-0.2, 0) is 4.79 Å². The van der Waals surface area contributed by atoms with E-state index in [1.165, 1.54) is 11.8 Å². The first-order chi connectivity index (χ1) is 8.70. The molecule has 0 saturated carbocycles. The van der Waals surface area contributed by atoms with E-state index in [9.17, 15) is 9.59 Å². The van der Waals surface area contributed by atoms with Crippen molar-refractivity contribution in [2.75, 3.05) is 5.75 Å². The van der Waals surface area contributed by atoms with Gasteiger partial charge in [0.15, 0.2) is 11.4 Å². The predicted octanol–water partition coefficient (Wildman–Crippen LogP) is 3.27. The van der Waals surface area contributed by atoms with Crippen LogP contribution < -0.4 is 0 Å². The van der Waals surface area contributed by atoms with E-state index in [4.69, 9.17) is 0 Å². The van der Waals surface area contributed by atoms with Gasteiger partial charge in [-0.1, -0.05) is 30.0 Å². The second-order valence-electron chi connectivity index (χ2n) is 3.87. The van der Waals surface area contributed by atoms with Gasteiger partial charge in [-0.15, -0.1) is 0 Å². The van der Waals surface area contributed by atoms with Crippen LogP contribution in [0.1, 0.15) is 22.8 Å². The van der Waals surface area contributed by atoms with Gasteiger partial charge in [0.2, 0.25) is 0 Å². The van der Waals surface area contributed by atoms with Crippen LogP contribution in [0, 0.1) is 0 Å². The number of hydrogen-bond acceptors (Lipinski definition) is 3. The third-order valence-corrected chi connectivity index (χ3v) is 3.32. The standard InChI is InChI=1S/C14H13NO2S/c1-10(17)18-6-2-3-11-4-5-14-13(7-11)12(9-16)8-15-14/h2-5,7-9,15H,6H2,1H3. The Morgan fingerprint density at radius 1 is 1.44 bits per heavy atom. The van der Waals surface area contributed by atoms with Crippen molar-refractivity contribution >= 4 is 40.1 Å². The molecule has 0 atom stereocenters. The third kappa shape index (κ3) is 2.90. The number of thioether (sulfide) groups is 1. The minimum Gasteiger partial charge on any atom is -0.360 e. The quantitative estimate of drug-likeness (QED) is 0.857. The number of fused-ring (bicyclic) bond motifs is 1. The van der Waals surface area contributed by atoms with Crippen molar-refractivity contribution < 1.29 is 9.59 Å². The van der Waals surface area contributed by atoms with E-state index < -0.39 is 0 Å². The number of nitrogens with one attached hydrogen (secondary N) is 1. The molecule has 92 valence electrons. The Labute approximate surface area is 109 Å². The highest BCUT2D eigenvalue weighted by Crippen LogP contribution is 2.19. The highest BCUT2D eigenvalue weighted by Gasteiger charge is 2.02. The molecule has 0 bridgehead atoms. The molecular formula is C14H13NO2S. The van der Waals surface area contributed by atoms with Crippen molar-refractivity contribution in [1.29, 1.82) is 0 Å². The van der Waals surface area contributed by atoms with Gasteiger partial charge in [-0.25, -0.2) is 0 Å². The molecule has 0 unspecified atom stereocenters. The Kier molecular flexibility index (Phi) is 3.99. The highest BCUT2D eigenvalue weighted by atomic mass is 32.2. The minimum atomic E-state index is 0.115. The molecular weight excluding hydrogens is 246 g/mol. The molecule has 1 N–H and O–H groups in total. The van der Waals surface area contributed by atoms with Crippen molar-refractivity contribution in [3.05, 3.63) is 41.6 Å². The fraction of sp³-hybridized carbons (Fsp3) is 0.143. The largest absolute Gasteiger partial charge is 0.360 e. The zero-order chi connectivity index (χ0) is 13.0. The van der Waals surface area contributed by atoms with Crippen LogP contribution in [0.4, 0.5) is 0 Å². The molecule has 0 amide bonds. The second kappa shape index (κ2) is 5.69. The highest BCUT2D eigenvalue weighted by molar-refractivity contribution is 8.13. The first kappa shape index (κ1) is 12.6. The van der Waals surface area contributed by atoms with Gasteiger partial charge < -0.3 is 4.98 Å². The van der Waals surface area contributed by atoms with Crippen molar-refractivity contribution in [2.45, 2.75) is 6.92 Å². The van der Waals surface area contributed by atoms with Crippen molar-refractivity contribution in [3.8, 4) is 0 Å². The summed E-state index contributed by atoms with van der Waals surface area (Å²) in [6.45, 7) is 1.56. The first-order valence-electron chi connectivity index (χ1n) is 5.57. The molecule has 18 heavy (non-hydrogen) atoms. The van der Waals surface area contributed by atoms with Crippen molar-refractivity contribution in [2.24, 2.45) is 0 Å². The van der Waals surface area contributed by atoms with E-state index in [2.05, 4.69) is 4.98 Å². The van der Waals surface area contributed by atoms with Gasteiger partial charge >= 0.3 is 0 Å². The van der Waals surface area contributed by atoms with Gasteiger partial charge in [0.25, 0.3) is 0 Å². The topological polar surface area (TPSA) is 49.9 Å². The number of carbonyl (C=O) groups is 2. The first-order valence-corrected chi connectivity index (χ1v) is 6.55. The maximum absolute atomic E-state index is 10.8. The lowest BCUT2D eigenvalue weighted by Gasteiger charge is -1.95. The van der Waals surface area contributed by atoms with Gasteiger partial charge in [-0.05, 0) is 17.7 Å². The zero-order valence-corrected chi connectivity index (χ0v) is 10.8. The van der Waals surface area contributed by atoms with Crippen molar-refractivity contribution in [1.82, 2.24) is 4.98 Å². The smallest absolute Gasteiger partial charge is 0.186 e. The number of benzene rings is 1. The van der Waals surface area contributed by atoms with E-state index in [-0.39, 0.29) is 5.12 Å². The molecule has 0 radical (unpaired) electrons. The average Bonchev–Trinajstić information content (AvgIpc) is 2.76. The van der Waals surface area contributed by atoms with Crippen LogP contribution in [-0.4, -0.2) is 22.1 Å². The van der Waals surface area contributed by atoms with Crippen LogP contribution in [0.5, 0.6) is 0 Å². The van der Waals surface area contributed by atoms with Gasteiger partial charge in [-0.3, -0.25) is 9.59 Å². The molecule has 3 nitrogen and oxygen atoms in total. The molecule has 1 aromatic heterocycles. The maximum atomic E-state index is 10.8. The van der Waals surface area contributed by atoms with Gasteiger partial charge in [0.05, 0.1) is 0 Å². The summed E-state index contributed by atoms with van der Waals surface area (Å²) in [4.78, 5) is 24.7. The third-order valence-electron chi connectivity index (χ3n) is 2.56. The normalized spacial score (nSPS) is 11.2. The van der Waals surface area contributed by atoms with Gasteiger partial charge in [0.1, 0.15) is 0 Å². The molecule has 0 aliphatic rings. The SMILES string of the molecule is CC(=O)SCC=Cc1ccc2[nH]cc(C=O)c2c1. The lowest BCUT2D eigenvalue weighted by atomic mass is 10.1. The maximum Gasteiger partial charge on any atom is 0.186 e. The molecule has 0 fully saturated rings. The summed E-state index contributed by atoms with van der Waals surface area (Å²) in [7, 11) is 0. The Morgan fingerprint density at radius 2 is 2.28 bits per heavy atom. The van der Waals surface area contributed by atoms with Gasteiger partial charge in [-0.2, -0.15) is 0 Å². The Balaban J connectivity index is 2.18. The monoisotopic (exact) mass is 259 g/mol. The van der Waals surface area contributed by atoms with E-state index in [0.717, 1.165) is 22.8 Å². The molecule has 0 saturated heterocycles. The summed E-state index contributed by atoms with van der Waals surface area (Å²) in [5, 5.41) is 1.04. The Morgan fingerprint density at radius 3 is 3.00 bits per heavy atom.